The number of nitrogens with one attached hydrogen (secondary N) is 1. The third-order valence-corrected chi connectivity index (χ3v) is 3.98. The van der Waals surface area contributed by atoms with E-state index in [1.54, 1.807) is 0 Å². The van der Waals surface area contributed by atoms with E-state index in [0.29, 0.717) is 18.3 Å². The van der Waals surface area contributed by atoms with Crippen molar-refractivity contribution in [1.29, 1.82) is 0 Å². The van der Waals surface area contributed by atoms with Gasteiger partial charge in [0.2, 0.25) is 0 Å². The molecule has 126 valence electrons. The summed E-state index contributed by atoms with van der Waals surface area (Å²) in [6, 6.07) is 8.66. The van der Waals surface area contributed by atoms with Crippen molar-refractivity contribution < 1.29 is 8.78 Å². The first-order chi connectivity index (χ1) is 11.0. The summed E-state index contributed by atoms with van der Waals surface area (Å²) >= 11 is 0. The Labute approximate surface area is 136 Å². The number of hydrogen-bond acceptors (Lipinski definition) is 2. The number of nitrogens with zero attached hydrogens (tertiary/aromatic N) is 2. The minimum atomic E-state index is -2.56. The van der Waals surface area contributed by atoms with E-state index in [-0.39, 0.29) is 6.04 Å². The summed E-state index contributed by atoms with van der Waals surface area (Å²) in [6.07, 6.45) is 4.92. The molecule has 1 N–H and O–H groups in total. The van der Waals surface area contributed by atoms with Crippen LogP contribution in [0.4, 0.5) is 8.78 Å². The standard InChI is InChI=1S/C18H25F2N3/c1-4-5-14-6-8-15(9-7-14)17(13(2)3)22-12-16-21-10-11-23(16)18(19)20/h6-11,13,17-18,22H,4-5,12H2,1-3H3. The predicted octanol–water partition coefficient (Wildman–Crippen LogP) is 4.72. The predicted molar refractivity (Wildman–Crippen MR) is 88.3 cm³/mol. The van der Waals surface area contributed by atoms with Gasteiger partial charge in [0.15, 0.2) is 0 Å². The zero-order valence-electron chi connectivity index (χ0n) is 14.0. The van der Waals surface area contributed by atoms with E-state index in [1.165, 1.54) is 23.5 Å². The third kappa shape index (κ3) is 4.61. The maximum atomic E-state index is 12.9. The topological polar surface area (TPSA) is 29.9 Å². The van der Waals surface area contributed by atoms with Crippen molar-refractivity contribution in [3.63, 3.8) is 0 Å². The highest BCUT2D eigenvalue weighted by Crippen LogP contribution is 2.23. The summed E-state index contributed by atoms with van der Waals surface area (Å²) in [6.45, 7) is 4.17. The maximum absolute atomic E-state index is 12.9. The molecule has 0 amide bonds. The lowest BCUT2D eigenvalue weighted by molar-refractivity contribution is 0.0664. The molecule has 0 saturated heterocycles. The Hall–Kier alpha value is -1.75. The van der Waals surface area contributed by atoms with Crippen LogP contribution in [0.15, 0.2) is 36.7 Å². The molecule has 0 aliphatic heterocycles. The molecule has 0 fully saturated rings. The molecule has 0 saturated carbocycles. The molecular formula is C18H25F2N3. The molecule has 1 aromatic heterocycles. The summed E-state index contributed by atoms with van der Waals surface area (Å²) in [5.41, 5.74) is 2.50. The fraction of sp³-hybridized carbons (Fsp3) is 0.500. The van der Waals surface area contributed by atoms with Gasteiger partial charge in [-0.15, -0.1) is 0 Å². The first-order valence-corrected chi connectivity index (χ1v) is 8.15. The number of hydrogen-bond donors (Lipinski definition) is 1. The van der Waals surface area contributed by atoms with Crippen LogP contribution < -0.4 is 5.32 Å². The van der Waals surface area contributed by atoms with E-state index in [4.69, 9.17) is 0 Å². The van der Waals surface area contributed by atoms with Crippen LogP contribution >= 0.6 is 0 Å². The smallest absolute Gasteiger partial charge is 0.303 e. The molecule has 0 spiro atoms. The van der Waals surface area contributed by atoms with Gasteiger partial charge >= 0.3 is 6.55 Å². The number of alkyl halides is 2. The molecule has 0 radical (unpaired) electrons. The van der Waals surface area contributed by atoms with E-state index in [2.05, 4.69) is 55.3 Å². The Bertz CT molecular complexity index is 591. The molecular weight excluding hydrogens is 296 g/mol. The quantitative estimate of drug-likeness (QED) is 0.762. The highest BCUT2D eigenvalue weighted by molar-refractivity contribution is 5.25. The van der Waals surface area contributed by atoms with Crippen molar-refractivity contribution in [2.24, 2.45) is 5.92 Å². The van der Waals surface area contributed by atoms with Crippen molar-refractivity contribution in [2.75, 3.05) is 0 Å². The fourth-order valence-corrected chi connectivity index (χ4v) is 2.78. The molecule has 0 bridgehead atoms. The molecule has 23 heavy (non-hydrogen) atoms. The molecule has 1 atom stereocenters. The number of aromatic nitrogens is 2. The largest absolute Gasteiger partial charge is 0.319 e. The minimum Gasteiger partial charge on any atom is -0.303 e. The van der Waals surface area contributed by atoms with Gasteiger partial charge in [0.25, 0.3) is 0 Å². The first-order valence-electron chi connectivity index (χ1n) is 8.15. The van der Waals surface area contributed by atoms with Gasteiger partial charge < -0.3 is 5.32 Å². The lowest BCUT2D eigenvalue weighted by atomic mass is 9.94. The Morgan fingerprint density at radius 3 is 2.43 bits per heavy atom. The van der Waals surface area contributed by atoms with Crippen molar-refractivity contribution in [2.45, 2.75) is 52.7 Å². The average molecular weight is 321 g/mol. The van der Waals surface area contributed by atoms with Crippen molar-refractivity contribution >= 4 is 0 Å². The Balaban J connectivity index is 2.08. The molecule has 1 aromatic carbocycles. The van der Waals surface area contributed by atoms with Crippen LogP contribution in [0, 0.1) is 5.92 Å². The molecule has 5 heteroatoms. The normalized spacial score (nSPS) is 13.0. The second-order valence-corrected chi connectivity index (χ2v) is 6.12. The SMILES string of the molecule is CCCc1ccc(C(NCc2nccn2C(F)F)C(C)C)cc1. The lowest BCUT2D eigenvalue weighted by Crippen LogP contribution is -2.27. The van der Waals surface area contributed by atoms with Crippen molar-refractivity contribution in [1.82, 2.24) is 14.9 Å². The van der Waals surface area contributed by atoms with Crippen LogP contribution in [0.5, 0.6) is 0 Å². The van der Waals surface area contributed by atoms with Gasteiger partial charge in [-0.25, -0.2) is 4.98 Å². The van der Waals surface area contributed by atoms with E-state index in [9.17, 15) is 8.78 Å². The molecule has 2 aromatic rings. The zero-order valence-corrected chi connectivity index (χ0v) is 14.0. The van der Waals surface area contributed by atoms with E-state index in [0.717, 1.165) is 17.4 Å². The number of halogens is 2. The zero-order chi connectivity index (χ0) is 16.8. The van der Waals surface area contributed by atoms with Gasteiger partial charge in [-0.1, -0.05) is 51.5 Å². The van der Waals surface area contributed by atoms with E-state index < -0.39 is 6.55 Å². The second-order valence-electron chi connectivity index (χ2n) is 6.12. The second kappa shape index (κ2) is 8.20. The fourth-order valence-electron chi connectivity index (χ4n) is 2.78. The summed E-state index contributed by atoms with van der Waals surface area (Å²) in [4.78, 5) is 4.02. The van der Waals surface area contributed by atoms with Gasteiger partial charge in [0.05, 0.1) is 6.54 Å². The van der Waals surface area contributed by atoms with Gasteiger partial charge in [-0.3, -0.25) is 4.57 Å². The monoisotopic (exact) mass is 321 g/mol. The summed E-state index contributed by atoms with van der Waals surface area (Å²) in [5.74, 6) is 0.704. The molecule has 1 heterocycles. The van der Waals surface area contributed by atoms with Crippen molar-refractivity contribution in [3.05, 3.63) is 53.6 Å². The Morgan fingerprint density at radius 2 is 1.87 bits per heavy atom. The van der Waals surface area contributed by atoms with Gasteiger partial charge in [-0.2, -0.15) is 8.78 Å². The molecule has 2 rings (SSSR count). The van der Waals surface area contributed by atoms with Gasteiger partial charge in [-0.05, 0) is 23.5 Å². The minimum absolute atomic E-state index is 0.105. The number of benzene rings is 1. The van der Waals surface area contributed by atoms with Crippen molar-refractivity contribution in [3.8, 4) is 0 Å². The summed E-state index contributed by atoms with van der Waals surface area (Å²) in [7, 11) is 0. The van der Waals surface area contributed by atoms with Crippen LogP contribution in [0.2, 0.25) is 0 Å². The molecule has 3 nitrogen and oxygen atoms in total. The number of aryl methyl sites for hydroxylation is 1. The van der Waals surface area contributed by atoms with E-state index in [1.807, 2.05) is 0 Å². The van der Waals surface area contributed by atoms with Gasteiger partial charge in [0.1, 0.15) is 5.82 Å². The highest BCUT2D eigenvalue weighted by Gasteiger charge is 2.17. The molecule has 0 aliphatic rings. The Kier molecular flexibility index (Phi) is 6.28. The van der Waals surface area contributed by atoms with Crippen LogP contribution in [0.3, 0.4) is 0 Å². The summed E-state index contributed by atoms with van der Waals surface area (Å²) in [5, 5.41) is 3.37. The molecule has 0 aliphatic carbocycles. The average Bonchev–Trinajstić information content (AvgIpc) is 2.98. The Morgan fingerprint density at radius 1 is 1.17 bits per heavy atom. The molecule has 1 unspecified atom stereocenters. The van der Waals surface area contributed by atoms with Crippen LogP contribution in [-0.2, 0) is 13.0 Å². The maximum Gasteiger partial charge on any atom is 0.319 e. The van der Waals surface area contributed by atoms with Crippen LogP contribution in [0.25, 0.3) is 0 Å². The van der Waals surface area contributed by atoms with Crippen LogP contribution in [-0.4, -0.2) is 9.55 Å². The first kappa shape index (κ1) is 17.6. The lowest BCUT2D eigenvalue weighted by Gasteiger charge is -2.23. The number of rotatable bonds is 8. The van der Waals surface area contributed by atoms with Gasteiger partial charge in [0, 0.05) is 18.4 Å². The van der Waals surface area contributed by atoms with Crippen LogP contribution in [0.1, 0.15) is 56.7 Å². The summed E-state index contributed by atoms with van der Waals surface area (Å²) < 4.78 is 26.7. The third-order valence-electron chi connectivity index (χ3n) is 3.98. The number of imidazole rings is 1. The highest BCUT2D eigenvalue weighted by atomic mass is 19.3. The van der Waals surface area contributed by atoms with E-state index >= 15 is 0 Å².